The molecule has 1 atom stereocenters. The average molecular weight is 312 g/mol. The lowest BCUT2D eigenvalue weighted by molar-refractivity contribution is 0.130. The highest BCUT2D eigenvalue weighted by atomic mass is 79.9. The van der Waals surface area contributed by atoms with Gasteiger partial charge in [-0.1, -0.05) is 35.7 Å². The molecule has 1 saturated heterocycles. The van der Waals surface area contributed by atoms with Gasteiger partial charge in [-0.25, -0.2) is 0 Å². The second kappa shape index (κ2) is 6.58. The number of hydrogen-bond donors (Lipinski definition) is 1. The third kappa shape index (κ3) is 3.48. The normalized spacial score (nSPS) is 21.1. The van der Waals surface area contributed by atoms with Gasteiger partial charge in [-0.05, 0) is 44.0 Å². The molecule has 1 N–H and O–H groups in total. The summed E-state index contributed by atoms with van der Waals surface area (Å²) in [6, 6.07) is 6.39. The summed E-state index contributed by atoms with van der Waals surface area (Å²) in [5.41, 5.74) is 1.03. The maximum Gasteiger partial charge on any atom is 0.120 e. The zero-order valence-electron chi connectivity index (χ0n) is 11.0. The quantitative estimate of drug-likeness (QED) is 0.895. The molecule has 100 valence electrons. The molecule has 0 aliphatic carbocycles. The number of halogens is 1. The summed E-state index contributed by atoms with van der Waals surface area (Å²) in [5.74, 6) is 0.416. The van der Waals surface area contributed by atoms with Gasteiger partial charge in [0.2, 0.25) is 0 Å². The van der Waals surface area contributed by atoms with Crippen LogP contribution in [0.1, 0.15) is 44.6 Å². The van der Waals surface area contributed by atoms with Crippen molar-refractivity contribution in [2.45, 2.75) is 51.6 Å². The van der Waals surface area contributed by atoms with Crippen molar-refractivity contribution < 1.29 is 5.11 Å². The number of benzene rings is 1. The Morgan fingerprint density at radius 2 is 2.22 bits per heavy atom. The number of phenolic OH excluding ortho intramolecular Hbond substituents is 1. The number of nitrogens with zero attached hydrogens (tertiary/aromatic N) is 1. The highest BCUT2D eigenvalue weighted by molar-refractivity contribution is 9.10. The van der Waals surface area contributed by atoms with Crippen molar-refractivity contribution in [1.82, 2.24) is 4.90 Å². The highest BCUT2D eigenvalue weighted by Crippen LogP contribution is 2.27. The molecule has 1 aliphatic heterocycles. The van der Waals surface area contributed by atoms with E-state index in [1.54, 1.807) is 6.07 Å². The molecule has 0 saturated carbocycles. The zero-order chi connectivity index (χ0) is 13.0. The van der Waals surface area contributed by atoms with Gasteiger partial charge in [-0.3, -0.25) is 4.90 Å². The number of likely N-dealkylation sites (tertiary alicyclic amines) is 1. The Morgan fingerprint density at radius 3 is 3.00 bits per heavy atom. The smallest absolute Gasteiger partial charge is 0.120 e. The van der Waals surface area contributed by atoms with Gasteiger partial charge in [0.25, 0.3) is 0 Å². The van der Waals surface area contributed by atoms with E-state index in [1.165, 1.54) is 32.1 Å². The Morgan fingerprint density at radius 1 is 1.39 bits per heavy atom. The van der Waals surface area contributed by atoms with Crippen molar-refractivity contribution in [3.63, 3.8) is 0 Å². The molecule has 1 aromatic carbocycles. The molecule has 1 fully saturated rings. The van der Waals surface area contributed by atoms with Crippen molar-refractivity contribution in [1.29, 1.82) is 0 Å². The van der Waals surface area contributed by atoms with Crippen molar-refractivity contribution in [3.05, 3.63) is 28.2 Å². The largest absolute Gasteiger partial charge is 0.508 e. The predicted molar refractivity (Wildman–Crippen MR) is 78.8 cm³/mol. The number of hydrogen-bond acceptors (Lipinski definition) is 2. The molecule has 0 aromatic heterocycles. The summed E-state index contributed by atoms with van der Waals surface area (Å²) in [5, 5.41) is 9.93. The van der Waals surface area contributed by atoms with Crippen LogP contribution in [-0.2, 0) is 6.54 Å². The SMILES string of the molecule is CCCC1CCCCN1Cc1cc(Br)ccc1O. The Balaban J connectivity index is 2.08. The second-order valence-corrected chi connectivity index (χ2v) is 6.10. The van der Waals surface area contributed by atoms with Gasteiger partial charge in [-0.2, -0.15) is 0 Å². The fraction of sp³-hybridized carbons (Fsp3) is 0.600. The summed E-state index contributed by atoms with van der Waals surface area (Å²) in [6.07, 6.45) is 6.46. The Kier molecular flexibility index (Phi) is 5.07. The Bertz CT molecular complexity index is 392. The van der Waals surface area contributed by atoms with Crippen LogP contribution in [0.5, 0.6) is 5.75 Å². The van der Waals surface area contributed by atoms with E-state index in [-0.39, 0.29) is 0 Å². The van der Waals surface area contributed by atoms with Crippen LogP contribution in [0.25, 0.3) is 0 Å². The molecule has 1 aliphatic rings. The molecule has 0 amide bonds. The fourth-order valence-corrected chi connectivity index (χ4v) is 3.24. The molecule has 1 unspecified atom stereocenters. The molecule has 1 aromatic rings. The van der Waals surface area contributed by atoms with Crippen LogP contribution in [0.15, 0.2) is 22.7 Å². The minimum absolute atomic E-state index is 0.416. The van der Waals surface area contributed by atoms with Crippen LogP contribution in [0.3, 0.4) is 0 Å². The van der Waals surface area contributed by atoms with Crippen molar-refractivity contribution in [3.8, 4) is 5.75 Å². The lowest BCUT2D eigenvalue weighted by atomic mass is 9.97. The molecule has 2 nitrogen and oxygen atoms in total. The molecular formula is C15H22BrNO. The molecule has 0 radical (unpaired) electrons. The van der Waals surface area contributed by atoms with Crippen molar-refractivity contribution in [2.75, 3.05) is 6.54 Å². The Labute approximate surface area is 118 Å². The average Bonchev–Trinajstić information content (AvgIpc) is 2.36. The molecule has 2 rings (SSSR count). The van der Waals surface area contributed by atoms with Crippen LogP contribution in [-0.4, -0.2) is 22.6 Å². The van der Waals surface area contributed by atoms with Gasteiger partial charge in [0, 0.05) is 22.6 Å². The number of phenols is 1. The van der Waals surface area contributed by atoms with Crippen LogP contribution in [0.4, 0.5) is 0 Å². The van der Waals surface area contributed by atoms with Crippen molar-refractivity contribution in [2.24, 2.45) is 0 Å². The first-order valence-electron chi connectivity index (χ1n) is 6.92. The monoisotopic (exact) mass is 311 g/mol. The predicted octanol–water partition coefficient (Wildman–Crippen LogP) is 4.31. The summed E-state index contributed by atoms with van der Waals surface area (Å²) < 4.78 is 1.04. The highest BCUT2D eigenvalue weighted by Gasteiger charge is 2.22. The van der Waals surface area contributed by atoms with Crippen LogP contribution in [0, 0.1) is 0 Å². The van der Waals surface area contributed by atoms with Crippen LogP contribution < -0.4 is 0 Å². The number of rotatable bonds is 4. The van der Waals surface area contributed by atoms with Gasteiger partial charge in [0.15, 0.2) is 0 Å². The van der Waals surface area contributed by atoms with E-state index >= 15 is 0 Å². The summed E-state index contributed by atoms with van der Waals surface area (Å²) in [7, 11) is 0. The van der Waals surface area contributed by atoms with Crippen LogP contribution in [0.2, 0.25) is 0 Å². The lowest BCUT2D eigenvalue weighted by Gasteiger charge is -2.35. The minimum atomic E-state index is 0.416. The summed E-state index contributed by atoms with van der Waals surface area (Å²) >= 11 is 3.48. The van der Waals surface area contributed by atoms with Gasteiger partial charge in [0.1, 0.15) is 5.75 Å². The van der Waals surface area contributed by atoms with Crippen LogP contribution >= 0.6 is 15.9 Å². The molecule has 0 bridgehead atoms. The van der Waals surface area contributed by atoms with Crippen molar-refractivity contribution >= 4 is 15.9 Å². The third-order valence-corrected chi connectivity index (χ3v) is 4.28. The molecule has 18 heavy (non-hydrogen) atoms. The lowest BCUT2D eigenvalue weighted by Crippen LogP contribution is -2.38. The van der Waals surface area contributed by atoms with Gasteiger partial charge in [-0.15, -0.1) is 0 Å². The zero-order valence-corrected chi connectivity index (χ0v) is 12.6. The standard InChI is InChI=1S/C15H22BrNO/c1-2-5-14-6-3-4-9-17(14)11-12-10-13(16)7-8-15(12)18/h7-8,10,14,18H,2-6,9,11H2,1H3. The topological polar surface area (TPSA) is 23.5 Å². The van der Waals surface area contributed by atoms with E-state index in [0.717, 1.165) is 23.1 Å². The summed E-state index contributed by atoms with van der Waals surface area (Å²) in [6.45, 7) is 4.29. The van der Waals surface area contributed by atoms with Gasteiger partial charge < -0.3 is 5.11 Å². The first-order valence-corrected chi connectivity index (χ1v) is 7.71. The van der Waals surface area contributed by atoms with Gasteiger partial charge in [0.05, 0.1) is 0 Å². The maximum atomic E-state index is 9.93. The number of piperidine rings is 1. The van der Waals surface area contributed by atoms with E-state index in [4.69, 9.17) is 0 Å². The first kappa shape index (κ1) is 13.9. The molecular weight excluding hydrogens is 290 g/mol. The van der Waals surface area contributed by atoms with E-state index in [9.17, 15) is 5.11 Å². The fourth-order valence-electron chi connectivity index (χ4n) is 2.83. The second-order valence-electron chi connectivity index (χ2n) is 5.18. The molecule has 0 spiro atoms. The number of aromatic hydroxyl groups is 1. The van der Waals surface area contributed by atoms with E-state index in [0.29, 0.717) is 11.8 Å². The maximum absolute atomic E-state index is 9.93. The summed E-state index contributed by atoms with van der Waals surface area (Å²) in [4.78, 5) is 2.54. The van der Waals surface area contributed by atoms with E-state index < -0.39 is 0 Å². The first-order chi connectivity index (χ1) is 8.70. The molecule has 1 heterocycles. The molecule has 3 heteroatoms. The minimum Gasteiger partial charge on any atom is -0.508 e. The van der Waals surface area contributed by atoms with E-state index in [1.807, 2.05) is 12.1 Å². The van der Waals surface area contributed by atoms with E-state index in [2.05, 4.69) is 27.8 Å². The Hall–Kier alpha value is -0.540. The van der Waals surface area contributed by atoms with Gasteiger partial charge >= 0.3 is 0 Å². The third-order valence-electron chi connectivity index (χ3n) is 3.79.